The number of benzene rings is 2. The highest BCUT2D eigenvalue weighted by Gasteiger charge is 2.28. The van der Waals surface area contributed by atoms with E-state index < -0.39 is 38.0 Å². The number of carbonyl (C=O) groups excluding carboxylic acids is 1. The molecule has 1 aliphatic rings. The molecule has 1 amide bonds. The summed E-state index contributed by atoms with van der Waals surface area (Å²) in [7, 11) is -3.79. The van der Waals surface area contributed by atoms with Crippen LogP contribution >= 0.6 is 0 Å². The standard InChI is InChI=1S/C23H25F2N3O4S/c1-4-21(29)27-7-8-32-15(12-27)13-28-20-6-5-14(2)9-19(20)26-23(28)22-17(24)10-16(11-18(22)25)33(3,30)31/h5-6,9-11,15H,4,7-8,12-13H2,1-3H3/t15-/m1/s1. The molecule has 176 valence electrons. The molecule has 1 fully saturated rings. The van der Waals surface area contributed by atoms with Gasteiger partial charge in [0.25, 0.3) is 0 Å². The van der Waals surface area contributed by atoms with E-state index in [0.29, 0.717) is 37.2 Å². The van der Waals surface area contributed by atoms with Crippen molar-refractivity contribution in [1.82, 2.24) is 14.5 Å². The van der Waals surface area contributed by atoms with Crippen molar-refractivity contribution in [3.05, 3.63) is 47.5 Å². The van der Waals surface area contributed by atoms with Gasteiger partial charge in [-0.25, -0.2) is 22.2 Å². The molecule has 0 N–H and O–H groups in total. The number of halogens is 2. The van der Waals surface area contributed by atoms with E-state index in [1.807, 2.05) is 25.1 Å². The average Bonchev–Trinajstić information content (AvgIpc) is 3.09. The fourth-order valence-corrected chi connectivity index (χ4v) is 4.71. The van der Waals surface area contributed by atoms with Crippen LogP contribution in [0.1, 0.15) is 18.9 Å². The van der Waals surface area contributed by atoms with E-state index in [1.165, 1.54) is 0 Å². The van der Waals surface area contributed by atoms with Crippen molar-refractivity contribution in [2.24, 2.45) is 0 Å². The zero-order valence-electron chi connectivity index (χ0n) is 18.6. The third-order valence-electron chi connectivity index (χ3n) is 5.75. The van der Waals surface area contributed by atoms with E-state index in [2.05, 4.69) is 4.98 Å². The summed E-state index contributed by atoms with van der Waals surface area (Å²) in [5.41, 5.74) is 1.73. The van der Waals surface area contributed by atoms with Gasteiger partial charge in [-0.2, -0.15) is 0 Å². The number of rotatable bonds is 5. The number of hydrogen-bond acceptors (Lipinski definition) is 5. The highest BCUT2D eigenvalue weighted by atomic mass is 32.2. The first kappa shape index (κ1) is 23.3. The Morgan fingerprint density at radius 1 is 1.21 bits per heavy atom. The summed E-state index contributed by atoms with van der Waals surface area (Å²) in [5, 5.41) is 0. The summed E-state index contributed by atoms with van der Waals surface area (Å²) >= 11 is 0. The molecule has 2 aromatic carbocycles. The van der Waals surface area contributed by atoms with Crippen LogP contribution in [0.4, 0.5) is 8.78 Å². The maximum Gasteiger partial charge on any atom is 0.222 e. The lowest BCUT2D eigenvalue weighted by Crippen LogP contribution is -2.46. The topological polar surface area (TPSA) is 81.5 Å². The number of aromatic nitrogens is 2. The molecule has 0 saturated carbocycles. The van der Waals surface area contributed by atoms with Crippen LogP contribution in [-0.2, 0) is 25.9 Å². The number of ether oxygens (including phenoxy) is 1. The van der Waals surface area contributed by atoms with Crippen LogP contribution in [-0.4, -0.2) is 60.8 Å². The molecule has 3 aromatic rings. The second-order valence-corrected chi connectivity index (χ2v) is 10.3. The molecule has 0 aliphatic carbocycles. The molecule has 1 aliphatic heterocycles. The van der Waals surface area contributed by atoms with Crippen molar-refractivity contribution < 1.29 is 26.7 Å². The van der Waals surface area contributed by atoms with E-state index in [-0.39, 0.29) is 18.3 Å². The zero-order chi connectivity index (χ0) is 23.9. The van der Waals surface area contributed by atoms with Gasteiger partial charge in [0.05, 0.1) is 40.7 Å². The van der Waals surface area contributed by atoms with Crippen molar-refractivity contribution in [3.63, 3.8) is 0 Å². The third-order valence-corrected chi connectivity index (χ3v) is 6.84. The predicted octanol–water partition coefficient (Wildman–Crippen LogP) is 3.33. The van der Waals surface area contributed by atoms with E-state index in [1.54, 1.807) is 16.4 Å². The number of amides is 1. The molecule has 10 heteroatoms. The molecule has 4 rings (SSSR count). The summed E-state index contributed by atoms with van der Waals surface area (Å²) in [6.45, 7) is 5.12. The Morgan fingerprint density at radius 2 is 1.91 bits per heavy atom. The van der Waals surface area contributed by atoms with Gasteiger partial charge in [-0.05, 0) is 36.8 Å². The van der Waals surface area contributed by atoms with Crippen molar-refractivity contribution in [1.29, 1.82) is 0 Å². The lowest BCUT2D eigenvalue weighted by molar-refractivity contribution is -0.138. The quantitative estimate of drug-likeness (QED) is 0.563. The van der Waals surface area contributed by atoms with E-state index >= 15 is 8.78 Å². The van der Waals surface area contributed by atoms with Crippen molar-refractivity contribution in [2.45, 2.75) is 37.8 Å². The molecule has 1 saturated heterocycles. The first-order valence-electron chi connectivity index (χ1n) is 10.6. The lowest BCUT2D eigenvalue weighted by atomic mass is 10.1. The van der Waals surface area contributed by atoms with Gasteiger partial charge in [-0.3, -0.25) is 4.79 Å². The van der Waals surface area contributed by atoms with Gasteiger partial charge < -0.3 is 14.2 Å². The Bertz CT molecular complexity index is 1310. The van der Waals surface area contributed by atoms with Gasteiger partial charge in [-0.15, -0.1) is 0 Å². The molecule has 1 atom stereocenters. The van der Waals surface area contributed by atoms with Crippen LogP contribution in [0, 0.1) is 18.6 Å². The van der Waals surface area contributed by atoms with Gasteiger partial charge in [0.1, 0.15) is 17.5 Å². The Hall–Kier alpha value is -2.85. The smallest absolute Gasteiger partial charge is 0.222 e. The number of morpholine rings is 1. The van der Waals surface area contributed by atoms with Gasteiger partial charge in [0.2, 0.25) is 5.91 Å². The zero-order valence-corrected chi connectivity index (χ0v) is 19.5. The van der Waals surface area contributed by atoms with Crippen LogP contribution < -0.4 is 0 Å². The number of hydrogen-bond donors (Lipinski definition) is 0. The van der Waals surface area contributed by atoms with E-state index in [4.69, 9.17) is 4.74 Å². The van der Waals surface area contributed by atoms with Crippen LogP contribution in [0.5, 0.6) is 0 Å². The monoisotopic (exact) mass is 477 g/mol. The molecule has 33 heavy (non-hydrogen) atoms. The Balaban J connectivity index is 1.82. The van der Waals surface area contributed by atoms with Crippen LogP contribution in [0.3, 0.4) is 0 Å². The molecular weight excluding hydrogens is 452 g/mol. The SMILES string of the molecule is CCC(=O)N1CCO[C@@H](Cn2c(-c3c(F)cc(S(C)(=O)=O)cc3F)nc3cc(C)ccc32)C1. The summed E-state index contributed by atoms with van der Waals surface area (Å²) in [5.74, 6) is -1.98. The number of carbonyl (C=O) groups is 1. The van der Waals surface area contributed by atoms with Crippen LogP contribution in [0.2, 0.25) is 0 Å². The van der Waals surface area contributed by atoms with Crippen molar-refractivity contribution >= 4 is 26.8 Å². The Labute approximate surface area is 190 Å². The van der Waals surface area contributed by atoms with Gasteiger partial charge in [0, 0.05) is 25.8 Å². The molecule has 0 spiro atoms. The number of fused-ring (bicyclic) bond motifs is 1. The minimum atomic E-state index is -3.79. The third kappa shape index (κ3) is 4.63. The molecule has 1 aromatic heterocycles. The Kier molecular flexibility index (Phi) is 6.24. The maximum absolute atomic E-state index is 15.1. The number of sulfone groups is 1. The lowest BCUT2D eigenvalue weighted by Gasteiger charge is -2.33. The second-order valence-electron chi connectivity index (χ2n) is 8.26. The highest BCUT2D eigenvalue weighted by Crippen LogP contribution is 2.32. The summed E-state index contributed by atoms with van der Waals surface area (Å²) in [6, 6.07) is 7.12. The summed E-state index contributed by atoms with van der Waals surface area (Å²) in [4.78, 5) is 17.9. The fourth-order valence-electron chi connectivity index (χ4n) is 4.08. The van der Waals surface area contributed by atoms with E-state index in [9.17, 15) is 13.2 Å². The highest BCUT2D eigenvalue weighted by molar-refractivity contribution is 7.90. The molecular formula is C23H25F2N3O4S. The van der Waals surface area contributed by atoms with Crippen LogP contribution in [0.15, 0.2) is 35.2 Å². The number of aryl methyl sites for hydroxylation is 1. The molecule has 0 radical (unpaired) electrons. The Morgan fingerprint density at radius 3 is 2.55 bits per heavy atom. The summed E-state index contributed by atoms with van der Waals surface area (Å²) < 4.78 is 61.3. The van der Waals surface area contributed by atoms with Gasteiger partial charge in [0.15, 0.2) is 9.84 Å². The number of imidazole rings is 1. The first-order valence-corrected chi connectivity index (χ1v) is 12.5. The molecule has 0 unspecified atom stereocenters. The average molecular weight is 478 g/mol. The predicted molar refractivity (Wildman–Crippen MR) is 120 cm³/mol. The maximum atomic E-state index is 15.1. The minimum Gasteiger partial charge on any atom is -0.373 e. The largest absolute Gasteiger partial charge is 0.373 e. The van der Waals surface area contributed by atoms with Crippen molar-refractivity contribution in [3.8, 4) is 11.4 Å². The minimum absolute atomic E-state index is 0.0168. The fraction of sp³-hybridized carbons (Fsp3) is 0.391. The van der Waals surface area contributed by atoms with Gasteiger partial charge >= 0.3 is 0 Å². The molecule has 0 bridgehead atoms. The molecule has 7 nitrogen and oxygen atoms in total. The normalized spacial score (nSPS) is 17.0. The van der Waals surface area contributed by atoms with Crippen molar-refractivity contribution in [2.75, 3.05) is 26.0 Å². The second kappa shape index (κ2) is 8.83. The van der Waals surface area contributed by atoms with Crippen LogP contribution in [0.25, 0.3) is 22.4 Å². The first-order chi connectivity index (χ1) is 15.6. The number of nitrogens with zero attached hydrogens (tertiary/aromatic N) is 3. The van der Waals surface area contributed by atoms with Gasteiger partial charge in [-0.1, -0.05) is 13.0 Å². The summed E-state index contributed by atoms with van der Waals surface area (Å²) in [6.07, 6.45) is 0.880. The molecule has 2 heterocycles. The van der Waals surface area contributed by atoms with E-state index in [0.717, 1.165) is 24.0 Å².